The molecule has 0 radical (unpaired) electrons. The fourth-order valence-corrected chi connectivity index (χ4v) is 2.24. The second kappa shape index (κ2) is 11.1. The van der Waals surface area contributed by atoms with Crippen molar-refractivity contribution in [3.63, 3.8) is 0 Å². The Bertz CT molecular complexity index is 859. The lowest BCUT2D eigenvalue weighted by Crippen LogP contribution is -2.37. The molecule has 6 nitrogen and oxygen atoms in total. The van der Waals surface area contributed by atoms with E-state index in [0.29, 0.717) is 0 Å². The van der Waals surface area contributed by atoms with E-state index in [-0.39, 0.29) is 18.8 Å². The summed E-state index contributed by atoms with van der Waals surface area (Å²) in [6.45, 7) is 1.62. The van der Waals surface area contributed by atoms with Gasteiger partial charge in [-0.05, 0) is 30.2 Å². The maximum atomic E-state index is 12.4. The molecule has 2 amide bonds. The number of nitrogens with one attached hydrogen (secondary N) is 2. The molecule has 0 aliphatic carbocycles. The first-order valence-electron chi connectivity index (χ1n) is 8.83. The van der Waals surface area contributed by atoms with E-state index in [1.807, 2.05) is 48.5 Å². The van der Waals surface area contributed by atoms with Crippen molar-refractivity contribution in [2.24, 2.45) is 0 Å². The van der Waals surface area contributed by atoms with Crippen LogP contribution in [0.25, 0.3) is 12.2 Å². The van der Waals surface area contributed by atoms with E-state index >= 15 is 0 Å². The van der Waals surface area contributed by atoms with Gasteiger partial charge in [0.25, 0.3) is 5.91 Å². The highest BCUT2D eigenvalue weighted by Gasteiger charge is 2.13. The Morgan fingerprint density at radius 1 is 0.929 bits per heavy atom. The highest BCUT2D eigenvalue weighted by Crippen LogP contribution is 2.06. The number of carbonyl (C=O) groups is 3. The summed E-state index contributed by atoms with van der Waals surface area (Å²) in [6.07, 6.45) is 4.52. The standard InChI is InChI=1S/C22H22N2O4/c1-2-28-21(26)16-23-22(27)19(15-18-11-7-4-8-12-18)24-20(25)14-13-17-9-5-3-6-10-17/h3-15H,2,16H2,1H3,(H,23,27)(H,24,25)/b14-13+,19-15-. The molecular formula is C22H22N2O4. The lowest BCUT2D eigenvalue weighted by Gasteiger charge is -2.09. The summed E-state index contributed by atoms with van der Waals surface area (Å²) < 4.78 is 4.79. The molecule has 2 rings (SSSR count). The van der Waals surface area contributed by atoms with Gasteiger partial charge >= 0.3 is 5.97 Å². The molecule has 0 fully saturated rings. The highest BCUT2D eigenvalue weighted by molar-refractivity contribution is 6.04. The van der Waals surface area contributed by atoms with E-state index in [9.17, 15) is 14.4 Å². The fourth-order valence-electron chi connectivity index (χ4n) is 2.24. The topological polar surface area (TPSA) is 84.5 Å². The van der Waals surface area contributed by atoms with Crippen molar-refractivity contribution in [1.82, 2.24) is 10.6 Å². The van der Waals surface area contributed by atoms with Crippen LogP contribution in [0.5, 0.6) is 0 Å². The smallest absolute Gasteiger partial charge is 0.325 e. The maximum absolute atomic E-state index is 12.4. The normalized spacial score (nSPS) is 11.1. The Morgan fingerprint density at radius 2 is 1.54 bits per heavy atom. The molecule has 0 unspecified atom stereocenters. The van der Waals surface area contributed by atoms with Crippen LogP contribution in [-0.2, 0) is 19.1 Å². The van der Waals surface area contributed by atoms with Gasteiger partial charge in [-0.3, -0.25) is 14.4 Å². The van der Waals surface area contributed by atoms with Crippen LogP contribution in [0.1, 0.15) is 18.1 Å². The molecule has 0 aliphatic rings. The van der Waals surface area contributed by atoms with Gasteiger partial charge in [0.1, 0.15) is 12.2 Å². The van der Waals surface area contributed by atoms with Crippen LogP contribution in [0.15, 0.2) is 72.4 Å². The highest BCUT2D eigenvalue weighted by atomic mass is 16.5. The molecule has 0 aromatic heterocycles. The van der Waals surface area contributed by atoms with Crippen LogP contribution in [0, 0.1) is 0 Å². The van der Waals surface area contributed by atoms with Crippen LogP contribution in [0.4, 0.5) is 0 Å². The Hall–Kier alpha value is -3.67. The van der Waals surface area contributed by atoms with Crippen molar-refractivity contribution in [3.05, 3.63) is 83.6 Å². The monoisotopic (exact) mass is 378 g/mol. The molecule has 28 heavy (non-hydrogen) atoms. The minimum atomic E-state index is -0.585. The van der Waals surface area contributed by atoms with Crippen LogP contribution >= 0.6 is 0 Å². The minimum Gasteiger partial charge on any atom is -0.465 e. The molecular weight excluding hydrogens is 356 g/mol. The van der Waals surface area contributed by atoms with E-state index in [4.69, 9.17) is 4.74 Å². The van der Waals surface area contributed by atoms with Crippen LogP contribution < -0.4 is 10.6 Å². The van der Waals surface area contributed by atoms with Crippen LogP contribution in [0.3, 0.4) is 0 Å². The summed E-state index contributed by atoms with van der Waals surface area (Å²) in [5.74, 6) is -1.60. The van der Waals surface area contributed by atoms with E-state index < -0.39 is 17.8 Å². The number of rotatable bonds is 8. The third-order valence-electron chi connectivity index (χ3n) is 3.54. The average Bonchev–Trinajstić information content (AvgIpc) is 2.72. The molecule has 0 saturated heterocycles. The SMILES string of the molecule is CCOC(=O)CNC(=O)/C(=C/c1ccccc1)NC(=O)/C=C/c1ccccc1. The molecule has 0 heterocycles. The Morgan fingerprint density at radius 3 is 2.14 bits per heavy atom. The largest absolute Gasteiger partial charge is 0.465 e. The summed E-state index contributed by atoms with van der Waals surface area (Å²) in [5, 5.41) is 5.01. The third kappa shape index (κ3) is 7.29. The second-order valence-corrected chi connectivity index (χ2v) is 5.69. The summed E-state index contributed by atoms with van der Waals surface area (Å²) in [4.78, 5) is 36.1. The van der Waals surface area contributed by atoms with Gasteiger partial charge in [0, 0.05) is 6.08 Å². The van der Waals surface area contributed by atoms with Crippen molar-refractivity contribution in [2.45, 2.75) is 6.92 Å². The van der Waals surface area contributed by atoms with Crippen molar-refractivity contribution in [3.8, 4) is 0 Å². The van der Waals surface area contributed by atoms with Gasteiger partial charge in [0.15, 0.2) is 0 Å². The summed E-state index contributed by atoms with van der Waals surface area (Å²) >= 11 is 0. The number of hydrogen-bond acceptors (Lipinski definition) is 4. The van der Waals surface area contributed by atoms with Crippen LogP contribution in [-0.4, -0.2) is 30.9 Å². The van der Waals surface area contributed by atoms with Gasteiger partial charge in [0.05, 0.1) is 6.61 Å². The summed E-state index contributed by atoms with van der Waals surface area (Å²) in [6, 6.07) is 18.4. The van der Waals surface area contributed by atoms with Gasteiger partial charge in [-0.25, -0.2) is 0 Å². The van der Waals surface area contributed by atoms with Gasteiger partial charge in [-0.1, -0.05) is 60.7 Å². The predicted octanol–water partition coefficient (Wildman–Crippen LogP) is 2.54. The molecule has 6 heteroatoms. The Kier molecular flexibility index (Phi) is 8.20. The molecule has 0 atom stereocenters. The summed E-state index contributed by atoms with van der Waals surface area (Å²) in [5.41, 5.74) is 1.62. The lowest BCUT2D eigenvalue weighted by molar-refractivity contribution is -0.143. The molecule has 0 saturated carbocycles. The molecule has 0 spiro atoms. The molecule has 144 valence electrons. The second-order valence-electron chi connectivity index (χ2n) is 5.69. The van der Waals surface area contributed by atoms with Gasteiger partial charge < -0.3 is 15.4 Å². The zero-order valence-corrected chi connectivity index (χ0v) is 15.6. The maximum Gasteiger partial charge on any atom is 0.325 e. The van der Waals surface area contributed by atoms with E-state index in [2.05, 4.69) is 10.6 Å². The molecule has 2 N–H and O–H groups in total. The van der Waals surface area contributed by atoms with E-state index in [1.165, 1.54) is 12.2 Å². The van der Waals surface area contributed by atoms with Crippen molar-refractivity contribution in [2.75, 3.05) is 13.2 Å². The van der Waals surface area contributed by atoms with Crippen LogP contribution in [0.2, 0.25) is 0 Å². The van der Waals surface area contributed by atoms with Gasteiger partial charge in [-0.15, -0.1) is 0 Å². The molecule has 2 aromatic carbocycles. The van der Waals surface area contributed by atoms with Gasteiger partial charge in [0.2, 0.25) is 5.91 Å². The number of carbonyl (C=O) groups excluding carboxylic acids is 3. The zero-order valence-electron chi connectivity index (χ0n) is 15.6. The molecule has 0 bridgehead atoms. The lowest BCUT2D eigenvalue weighted by atomic mass is 10.2. The molecule has 0 aliphatic heterocycles. The first-order valence-corrected chi connectivity index (χ1v) is 8.83. The predicted molar refractivity (Wildman–Crippen MR) is 108 cm³/mol. The number of benzene rings is 2. The van der Waals surface area contributed by atoms with Crippen molar-refractivity contribution < 1.29 is 19.1 Å². The van der Waals surface area contributed by atoms with E-state index in [1.54, 1.807) is 25.1 Å². The third-order valence-corrected chi connectivity index (χ3v) is 3.54. The fraction of sp³-hybridized carbons (Fsp3) is 0.136. The minimum absolute atomic E-state index is 0.0261. The average molecular weight is 378 g/mol. The number of ether oxygens (including phenoxy) is 1. The summed E-state index contributed by atoms with van der Waals surface area (Å²) in [7, 11) is 0. The first-order chi connectivity index (χ1) is 13.6. The Labute approximate surface area is 163 Å². The molecule has 2 aromatic rings. The quantitative estimate of drug-likeness (QED) is 0.546. The zero-order chi connectivity index (χ0) is 20.2. The number of amides is 2. The first kappa shape index (κ1) is 20.6. The van der Waals surface area contributed by atoms with Gasteiger partial charge in [-0.2, -0.15) is 0 Å². The Balaban J connectivity index is 2.10. The number of esters is 1. The van der Waals surface area contributed by atoms with E-state index in [0.717, 1.165) is 11.1 Å². The van der Waals surface area contributed by atoms with Crippen molar-refractivity contribution in [1.29, 1.82) is 0 Å². The number of hydrogen-bond donors (Lipinski definition) is 2. The van der Waals surface area contributed by atoms with Crippen molar-refractivity contribution >= 4 is 29.9 Å².